The molecular weight excluding hydrogens is 392 g/mol. The molecule has 0 unspecified atom stereocenters. The molecule has 0 radical (unpaired) electrons. The molecule has 0 aromatic heterocycles. The van der Waals surface area contributed by atoms with Gasteiger partial charge >= 0.3 is 11.9 Å². The Morgan fingerprint density at radius 2 is 1.83 bits per heavy atom. The van der Waals surface area contributed by atoms with Crippen molar-refractivity contribution in [2.24, 2.45) is 5.92 Å². The fourth-order valence-corrected chi connectivity index (χ4v) is 4.36. The first-order valence-corrected chi connectivity index (χ1v) is 12.7. The second kappa shape index (κ2) is 7.72. The summed E-state index contributed by atoms with van der Waals surface area (Å²) in [5, 5.41) is -0.123. The molecule has 2 bridgehead atoms. The minimum Gasteiger partial charge on any atom is -0.546 e. The standard InChI is InChI=1S/C21H32O7Si/c1-12-17(28-29(8,9)20(4,5)6)16(19(24)26-13(2)18(23)25-7)15-10-11-21(12,27-15)14(3)22/h10-13,15H,1-9H3/t12-,13+,15+,21-/m1/s1. The van der Waals surface area contributed by atoms with E-state index in [0.717, 1.165) is 0 Å². The highest BCUT2D eigenvalue weighted by molar-refractivity contribution is 6.74. The summed E-state index contributed by atoms with van der Waals surface area (Å²) in [5.41, 5.74) is -0.969. The second-order valence-electron chi connectivity index (χ2n) is 9.18. The normalized spacial score (nSPS) is 27.5. The van der Waals surface area contributed by atoms with Gasteiger partial charge in [-0.25, -0.2) is 9.59 Å². The van der Waals surface area contributed by atoms with Crippen LogP contribution in [0.15, 0.2) is 23.5 Å². The van der Waals surface area contributed by atoms with Gasteiger partial charge in [0.25, 0.3) is 0 Å². The van der Waals surface area contributed by atoms with Gasteiger partial charge in [0.15, 0.2) is 17.5 Å². The van der Waals surface area contributed by atoms with Gasteiger partial charge in [-0.1, -0.05) is 33.8 Å². The number of hydrogen-bond donors (Lipinski definition) is 0. The predicted octanol–water partition coefficient (Wildman–Crippen LogP) is 3.30. The van der Waals surface area contributed by atoms with Gasteiger partial charge in [-0.2, -0.15) is 0 Å². The van der Waals surface area contributed by atoms with E-state index in [-0.39, 0.29) is 16.4 Å². The number of ketones is 1. The maximum absolute atomic E-state index is 13.0. The van der Waals surface area contributed by atoms with Crippen molar-refractivity contribution >= 4 is 26.0 Å². The van der Waals surface area contributed by atoms with E-state index in [1.54, 1.807) is 12.2 Å². The van der Waals surface area contributed by atoms with Gasteiger partial charge in [0.1, 0.15) is 11.7 Å². The zero-order valence-corrected chi connectivity index (χ0v) is 19.7. The highest BCUT2D eigenvalue weighted by Gasteiger charge is 2.56. The summed E-state index contributed by atoms with van der Waals surface area (Å²) in [5.74, 6) is -1.63. The monoisotopic (exact) mass is 424 g/mol. The molecular formula is C21H32O7Si. The third-order valence-corrected chi connectivity index (χ3v) is 10.5. The molecule has 0 aromatic rings. The number of fused-ring (bicyclic) bond motifs is 2. The number of carbonyl (C=O) groups excluding carboxylic acids is 3. The smallest absolute Gasteiger partial charge is 0.346 e. The van der Waals surface area contributed by atoms with Crippen LogP contribution >= 0.6 is 0 Å². The van der Waals surface area contributed by atoms with E-state index < -0.39 is 44.0 Å². The molecule has 0 N–H and O–H groups in total. The van der Waals surface area contributed by atoms with Crippen LogP contribution in [0.3, 0.4) is 0 Å². The number of carbonyl (C=O) groups is 3. The van der Waals surface area contributed by atoms with Gasteiger partial charge in [0.05, 0.1) is 18.8 Å². The Morgan fingerprint density at radius 3 is 2.31 bits per heavy atom. The lowest BCUT2D eigenvalue weighted by molar-refractivity contribution is -0.165. The molecule has 4 atom stereocenters. The van der Waals surface area contributed by atoms with E-state index >= 15 is 0 Å². The minimum atomic E-state index is -2.34. The number of rotatable bonds is 6. The van der Waals surface area contributed by atoms with Gasteiger partial charge < -0.3 is 18.6 Å². The fraction of sp³-hybridized carbons (Fsp3) is 0.667. The molecule has 0 saturated carbocycles. The first kappa shape index (κ1) is 23.3. The number of methoxy groups -OCH3 is 1. The highest BCUT2D eigenvalue weighted by Crippen LogP contribution is 2.48. The lowest BCUT2D eigenvalue weighted by Crippen LogP contribution is -2.52. The van der Waals surface area contributed by atoms with Crippen LogP contribution < -0.4 is 0 Å². The van der Waals surface area contributed by atoms with Crippen molar-refractivity contribution in [1.29, 1.82) is 0 Å². The van der Waals surface area contributed by atoms with Crippen molar-refractivity contribution in [2.45, 2.75) is 77.5 Å². The maximum Gasteiger partial charge on any atom is 0.346 e. The van der Waals surface area contributed by atoms with Gasteiger partial charge in [0, 0.05) is 0 Å². The second-order valence-corrected chi connectivity index (χ2v) is 13.9. The SMILES string of the molecule is COC(=O)[C@H](C)OC(=O)C1=C(O[Si](C)(C)C(C)(C)C)[C@@H](C)[C@@]2(C(C)=O)C=C[C@@H]1O2. The molecule has 2 aliphatic rings. The van der Waals surface area contributed by atoms with Crippen molar-refractivity contribution in [2.75, 3.05) is 7.11 Å². The van der Waals surface area contributed by atoms with Crippen LogP contribution in [0.4, 0.5) is 0 Å². The van der Waals surface area contributed by atoms with E-state index in [4.69, 9.17) is 13.9 Å². The lowest BCUT2D eigenvalue weighted by Gasteiger charge is -2.44. The van der Waals surface area contributed by atoms with E-state index in [2.05, 4.69) is 38.6 Å². The summed E-state index contributed by atoms with van der Waals surface area (Å²) in [6.45, 7) is 15.1. The van der Waals surface area contributed by atoms with Crippen LogP contribution in [0.2, 0.25) is 18.1 Å². The summed E-state index contributed by atoms with van der Waals surface area (Å²) in [7, 11) is -1.11. The zero-order valence-electron chi connectivity index (χ0n) is 18.7. The Kier molecular flexibility index (Phi) is 6.21. The van der Waals surface area contributed by atoms with Crippen molar-refractivity contribution < 1.29 is 33.0 Å². The topological polar surface area (TPSA) is 88.1 Å². The van der Waals surface area contributed by atoms with Crippen molar-refractivity contribution in [1.82, 2.24) is 0 Å². The lowest BCUT2D eigenvalue weighted by atomic mass is 9.82. The van der Waals surface area contributed by atoms with Crippen LogP contribution in [0.25, 0.3) is 0 Å². The third kappa shape index (κ3) is 4.05. The predicted molar refractivity (Wildman–Crippen MR) is 109 cm³/mol. The van der Waals surface area contributed by atoms with Gasteiger partial charge in [-0.3, -0.25) is 4.79 Å². The summed E-state index contributed by atoms with van der Waals surface area (Å²) in [4.78, 5) is 37.2. The fourth-order valence-electron chi connectivity index (χ4n) is 3.22. The molecule has 0 saturated heterocycles. The molecule has 7 nitrogen and oxygen atoms in total. The quantitative estimate of drug-likeness (QED) is 0.367. The molecule has 162 valence electrons. The molecule has 0 aromatic carbocycles. The summed E-state index contributed by atoms with van der Waals surface area (Å²) < 4.78 is 22.5. The molecule has 29 heavy (non-hydrogen) atoms. The van der Waals surface area contributed by atoms with Gasteiger partial charge in [-0.05, 0) is 38.1 Å². The van der Waals surface area contributed by atoms with E-state index in [0.29, 0.717) is 5.76 Å². The third-order valence-electron chi connectivity index (χ3n) is 6.19. The Balaban J connectivity index is 2.54. The Hall–Kier alpha value is -1.93. The van der Waals surface area contributed by atoms with Gasteiger partial charge in [0.2, 0.25) is 8.32 Å². The number of esters is 2. The van der Waals surface area contributed by atoms with Crippen LogP contribution in [0, 0.1) is 5.92 Å². The van der Waals surface area contributed by atoms with Crippen molar-refractivity contribution in [3.05, 3.63) is 23.5 Å². The first-order chi connectivity index (χ1) is 13.2. The zero-order chi connectivity index (χ0) is 22.4. The van der Waals surface area contributed by atoms with Gasteiger partial charge in [-0.15, -0.1) is 0 Å². The maximum atomic E-state index is 13.0. The van der Waals surface area contributed by atoms with Crippen LogP contribution in [0.1, 0.15) is 41.5 Å². The number of Topliss-reactive ketones (excluding diaryl/α,β-unsaturated/α-hetero) is 1. The van der Waals surface area contributed by atoms with E-state index in [1.165, 1.54) is 21.0 Å². The largest absolute Gasteiger partial charge is 0.546 e. The molecule has 2 rings (SSSR count). The van der Waals surface area contributed by atoms with Crippen molar-refractivity contribution in [3.8, 4) is 0 Å². The van der Waals surface area contributed by atoms with Crippen molar-refractivity contribution in [3.63, 3.8) is 0 Å². The Labute approximate surface area is 173 Å². The molecule has 2 aliphatic heterocycles. The summed E-state index contributed by atoms with van der Waals surface area (Å²) in [6, 6.07) is 0. The summed E-state index contributed by atoms with van der Waals surface area (Å²) >= 11 is 0. The highest BCUT2D eigenvalue weighted by atomic mass is 28.4. The summed E-state index contributed by atoms with van der Waals surface area (Å²) in [6.07, 6.45) is 1.53. The number of ether oxygens (including phenoxy) is 3. The molecule has 0 fully saturated rings. The molecule has 0 spiro atoms. The van der Waals surface area contributed by atoms with E-state index in [9.17, 15) is 14.4 Å². The molecule has 0 aliphatic carbocycles. The first-order valence-electron chi connectivity index (χ1n) is 9.78. The number of hydrogen-bond acceptors (Lipinski definition) is 7. The van der Waals surface area contributed by atoms with Crippen LogP contribution in [0.5, 0.6) is 0 Å². The average Bonchev–Trinajstić information content (AvgIpc) is 3.00. The average molecular weight is 425 g/mol. The van der Waals surface area contributed by atoms with E-state index in [1.807, 2.05) is 6.92 Å². The molecule has 0 amide bonds. The molecule has 8 heteroatoms. The van der Waals surface area contributed by atoms with Crippen LogP contribution in [-0.2, 0) is 33.0 Å². The molecule has 2 heterocycles. The van der Waals surface area contributed by atoms with Crippen LogP contribution in [-0.4, -0.2) is 51.0 Å². The minimum absolute atomic E-state index is 0.123. The Bertz CT molecular complexity index is 774. The Morgan fingerprint density at radius 1 is 1.24 bits per heavy atom.